The summed E-state index contributed by atoms with van der Waals surface area (Å²) in [6.45, 7) is 3.68. The van der Waals surface area contributed by atoms with Crippen molar-refractivity contribution in [2.45, 2.75) is 13.8 Å². The second-order valence-corrected chi connectivity index (χ2v) is 6.54. The van der Waals surface area contributed by atoms with Crippen molar-refractivity contribution in [3.05, 3.63) is 58.7 Å². The van der Waals surface area contributed by atoms with E-state index in [1.807, 2.05) is 0 Å². The molecule has 0 aromatic heterocycles. The molecule has 0 aliphatic carbocycles. The van der Waals surface area contributed by atoms with Crippen LogP contribution in [-0.2, 0) is 10.4 Å². The van der Waals surface area contributed by atoms with E-state index in [1.165, 1.54) is 12.1 Å². The number of nitrogens with one attached hydrogen (secondary N) is 1. The van der Waals surface area contributed by atoms with Gasteiger partial charge in [0.1, 0.15) is 12.4 Å². The van der Waals surface area contributed by atoms with Gasteiger partial charge in [-0.1, -0.05) is 0 Å². The van der Waals surface area contributed by atoms with E-state index >= 15 is 0 Å². The maximum Gasteiger partial charge on any atom is 1.00 e. The molecule has 0 saturated heterocycles. The van der Waals surface area contributed by atoms with E-state index in [1.54, 1.807) is 45.2 Å². The molecule has 0 heterocycles. The molecule has 0 atom stereocenters. The number of benzene rings is 2. The van der Waals surface area contributed by atoms with Gasteiger partial charge in [0.05, 0.1) is 5.69 Å². The molecule has 2 aromatic carbocycles. The molecule has 0 aliphatic rings. The van der Waals surface area contributed by atoms with Crippen molar-refractivity contribution in [3.63, 3.8) is 0 Å². The smallest absolute Gasteiger partial charge is 0.716 e. The van der Waals surface area contributed by atoms with Crippen LogP contribution in [0.4, 0.5) is 5.69 Å². The molecule has 0 spiro atoms. The third kappa shape index (κ3) is 6.80. The monoisotopic (exact) mass is 399 g/mol. The van der Waals surface area contributed by atoms with Crippen molar-refractivity contribution in [2.75, 3.05) is 13.7 Å². The molecule has 0 bridgehead atoms. The number of ketones is 1. The molecule has 138 valence electrons. The van der Waals surface area contributed by atoms with Gasteiger partial charge < -0.3 is 8.74 Å². The van der Waals surface area contributed by atoms with Crippen molar-refractivity contribution in [2.24, 2.45) is 10.2 Å². The quantitative estimate of drug-likeness (QED) is 0.223. The van der Waals surface area contributed by atoms with Crippen LogP contribution >= 0.6 is 0 Å². The van der Waals surface area contributed by atoms with Gasteiger partial charge in [-0.25, -0.2) is 8.42 Å². The Kier molecular flexibility index (Phi) is 8.73. The van der Waals surface area contributed by atoms with Crippen LogP contribution in [-0.4, -0.2) is 32.5 Å². The number of nitrogens with zero attached hydrogens (tertiary/aromatic N) is 2. The Bertz CT molecular complexity index is 921. The van der Waals surface area contributed by atoms with Crippen LogP contribution in [0.25, 0.3) is 0 Å². The summed E-state index contributed by atoms with van der Waals surface area (Å²) in [5.41, 5.74) is 2.51. The van der Waals surface area contributed by atoms with Crippen LogP contribution in [0.2, 0.25) is 0 Å². The number of aryl methyl sites for hydroxylation is 2. The average molecular weight is 399 g/mol. The first-order valence-electron chi connectivity index (χ1n) is 7.64. The number of hydrogen-bond acceptors (Lipinski definition) is 8. The third-order valence-electron chi connectivity index (χ3n) is 3.48. The fourth-order valence-corrected chi connectivity index (χ4v) is 2.79. The van der Waals surface area contributed by atoms with Gasteiger partial charge in [0.2, 0.25) is 0 Å². The van der Waals surface area contributed by atoms with Crippen molar-refractivity contribution in [1.82, 2.24) is 5.32 Å². The fourth-order valence-electron chi connectivity index (χ4n) is 2.46. The predicted molar refractivity (Wildman–Crippen MR) is 94.6 cm³/mol. The van der Waals surface area contributed by atoms with Crippen LogP contribution in [0.15, 0.2) is 46.6 Å². The van der Waals surface area contributed by atoms with Crippen molar-refractivity contribution >= 4 is 21.9 Å². The number of carbonyl (C=O) groups excluding carboxylic acids is 1. The Morgan fingerprint density at radius 3 is 2.19 bits per heavy atom. The largest absolute Gasteiger partial charge is 1.00 e. The van der Waals surface area contributed by atoms with Crippen molar-refractivity contribution in [3.8, 4) is 5.75 Å². The summed E-state index contributed by atoms with van der Waals surface area (Å²) in [5, 5.41) is 10.7. The summed E-state index contributed by atoms with van der Waals surface area (Å²) in [6.07, 6.45) is 0. The number of hydrogen-bond donors (Lipinski definition) is 1. The molecule has 8 nitrogen and oxygen atoms in total. The molecule has 1 N–H and O–H groups in total. The molecule has 0 radical (unpaired) electrons. The Labute approximate surface area is 180 Å². The van der Waals surface area contributed by atoms with Crippen LogP contribution in [0, 0.1) is 13.8 Å². The first-order chi connectivity index (χ1) is 12.2. The zero-order chi connectivity index (χ0) is 19.3. The summed E-state index contributed by atoms with van der Waals surface area (Å²) in [6, 6.07) is 9.33. The van der Waals surface area contributed by atoms with E-state index in [0.29, 0.717) is 34.6 Å². The topological polar surface area (TPSA) is 120 Å². The predicted octanol–water partition coefficient (Wildman–Crippen LogP) is -0.362. The average Bonchev–Trinajstić information content (AvgIpc) is 2.53. The molecular weight excluding hydrogens is 381 g/mol. The number of rotatable bonds is 7. The zero-order valence-electron chi connectivity index (χ0n) is 15.5. The molecule has 0 amide bonds. The maximum absolute atomic E-state index is 12.8. The standard InChI is InChI=1S/C17H19N3O5S.Na/c1-11-8-15(25-26(22,23)24)9-12(2)16(11)17(21)13-4-6-14(7-5-13)20-19-10-18-3;/h4-9,18H,10H2,1-3H3,(H,22,23,24);/q;+1/p-1. The van der Waals surface area contributed by atoms with Crippen LogP contribution in [0.3, 0.4) is 0 Å². The molecule has 10 heteroatoms. The summed E-state index contributed by atoms with van der Waals surface area (Å²) >= 11 is 0. The first-order valence-corrected chi connectivity index (χ1v) is 8.98. The van der Waals surface area contributed by atoms with Gasteiger partial charge in [0, 0.05) is 11.1 Å². The van der Waals surface area contributed by atoms with E-state index in [0.717, 1.165) is 0 Å². The molecule has 27 heavy (non-hydrogen) atoms. The molecule has 0 unspecified atom stereocenters. The summed E-state index contributed by atoms with van der Waals surface area (Å²) in [4.78, 5) is 12.8. The molecule has 0 fully saturated rings. The van der Waals surface area contributed by atoms with E-state index in [4.69, 9.17) is 0 Å². The van der Waals surface area contributed by atoms with Crippen molar-refractivity contribution in [1.29, 1.82) is 0 Å². The summed E-state index contributed by atoms with van der Waals surface area (Å²) < 4.78 is 36.5. The third-order valence-corrected chi connectivity index (χ3v) is 3.87. The van der Waals surface area contributed by atoms with Gasteiger partial charge in [-0.05, 0) is 68.4 Å². The summed E-state index contributed by atoms with van der Waals surface area (Å²) in [5.74, 6) is -0.345. The van der Waals surface area contributed by atoms with E-state index in [9.17, 15) is 17.8 Å². The van der Waals surface area contributed by atoms with Gasteiger partial charge >= 0.3 is 29.6 Å². The van der Waals surface area contributed by atoms with Gasteiger partial charge in [0.25, 0.3) is 10.4 Å². The van der Waals surface area contributed by atoms with E-state index < -0.39 is 10.4 Å². The van der Waals surface area contributed by atoms with Crippen LogP contribution in [0.1, 0.15) is 27.0 Å². The van der Waals surface area contributed by atoms with E-state index in [2.05, 4.69) is 19.7 Å². The molecule has 2 aromatic rings. The van der Waals surface area contributed by atoms with Crippen molar-refractivity contribution < 1.29 is 51.5 Å². The minimum atomic E-state index is -4.87. The second kappa shape index (κ2) is 10.1. The zero-order valence-corrected chi connectivity index (χ0v) is 18.3. The van der Waals surface area contributed by atoms with Gasteiger partial charge in [-0.15, -0.1) is 0 Å². The summed E-state index contributed by atoms with van der Waals surface area (Å²) in [7, 11) is -3.11. The number of carbonyl (C=O) groups is 1. The molecule has 0 saturated carbocycles. The number of azo groups is 1. The fraction of sp³-hybridized carbons (Fsp3) is 0.235. The van der Waals surface area contributed by atoms with Crippen LogP contribution < -0.4 is 39.1 Å². The Hall–Kier alpha value is -1.62. The van der Waals surface area contributed by atoms with E-state index in [-0.39, 0.29) is 41.1 Å². The van der Waals surface area contributed by atoms with Crippen LogP contribution in [0.5, 0.6) is 5.75 Å². The Balaban J connectivity index is 0.00000364. The first kappa shape index (κ1) is 23.4. The Morgan fingerprint density at radius 2 is 1.70 bits per heavy atom. The molecular formula is C17H18N3NaO5S. The minimum Gasteiger partial charge on any atom is -0.716 e. The minimum absolute atomic E-state index is 0. The normalized spacial score (nSPS) is 11.3. The van der Waals surface area contributed by atoms with Gasteiger partial charge in [-0.3, -0.25) is 10.1 Å². The SMILES string of the molecule is CNCN=Nc1ccc(C(=O)c2c(C)cc(OS(=O)(=O)[O-])cc2C)cc1.[Na+]. The van der Waals surface area contributed by atoms with Gasteiger partial charge in [0.15, 0.2) is 5.78 Å². The molecule has 0 aliphatic heterocycles. The maximum atomic E-state index is 12.8. The Morgan fingerprint density at radius 1 is 1.15 bits per heavy atom. The second-order valence-electron chi connectivity index (χ2n) is 5.55. The molecule has 2 rings (SSSR count). The van der Waals surface area contributed by atoms with Gasteiger partial charge in [-0.2, -0.15) is 10.2 Å².